The standard InChI is InChI=1S/C29H19Br2FN2O4S/c30-21-12-18(13-22(31)27(21)38-16-17-9-10-19-5-1-2-6-20(19)11-17)14-25-28(36)34(29(37)39-25)15-26(35)33-24-8-4-3-7-23(24)32/h1-14H,15-16H2,(H,33,35)/b25-14-. The number of carbonyl (C=O) groups excluding carboxylic acids is 3. The number of anilines is 1. The molecular weight excluding hydrogens is 651 g/mol. The number of halogens is 3. The molecule has 196 valence electrons. The van der Waals surface area contributed by atoms with E-state index in [0.29, 0.717) is 26.9 Å². The molecule has 1 fully saturated rings. The van der Waals surface area contributed by atoms with Gasteiger partial charge in [-0.15, -0.1) is 0 Å². The van der Waals surface area contributed by atoms with E-state index in [0.717, 1.165) is 33.0 Å². The minimum atomic E-state index is -0.679. The Bertz CT molecular complexity index is 1640. The molecule has 1 N–H and O–H groups in total. The fourth-order valence-electron chi connectivity index (χ4n) is 3.97. The number of carbonyl (C=O) groups is 3. The van der Waals surface area contributed by atoms with Gasteiger partial charge < -0.3 is 10.1 Å². The molecule has 0 atom stereocenters. The highest BCUT2D eigenvalue weighted by Crippen LogP contribution is 2.38. The number of hydrogen-bond acceptors (Lipinski definition) is 5. The quantitative estimate of drug-likeness (QED) is 0.204. The number of nitrogens with zero attached hydrogens (tertiary/aromatic N) is 1. The second-order valence-corrected chi connectivity index (χ2v) is 11.3. The molecule has 0 radical (unpaired) electrons. The van der Waals surface area contributed by atoms with E-state index in [9.17, 15) is 18.8 Å². The number of para-hydroxylation sites is 1. The Balaban J connectivity index is 1.26. The van der Waals surface area contributed by atoms with Gasteiger partial charge in [0, 0.05) is 0 Å². The van der Waals surface area contributed by atoms with Crippen molar-refractivity contribution in [2.75, 3.05) is 11.9 Å². The zero-order chi connectivity index (χ0) is 27.5. The molecule has 3 amide bonds. The Morgan fingerprint density at radius 1 is 0.949 bits per heavy atom. The van der Waals surface area contributed by atoms with Crippen LogP contribution in [-0.2, 0) is 16.2 Å². The largest absolute Gasteiger partial charge is 0.487 e. The number of amides is 3. The summed E-state index contributed by atoms with van der Waals surface area (Å²) in [4.78, 5) is 38.7. The summed E-state index contributed by atoms with van der Waals surface area (Å²) in [5.41, 5.74) is 1.64. The van der Waals surface area contributed by atoms with Crippen molar-refractivity contribution in [2.24, 2.45) is 0 Å². The third-order valence-electron chi connectivity index (χ3n) is 5.84. The van der Waals surface area contributed by atoms with Gasteiger partial charge in [0.25, 0.3) is 11.1 Å². The predicted octanol–water partition coefficient (Wildman–Crippen LogP) is 7.76. The fraction of sp³-hybridized carbons (Fsp3) is 0.0690. The van der Waals surface area contributed by atoms with Crippen LogP contribution in [0.25, 0.3) is 16.8 Å². The summed E-state index contributed by atoms with van der Waals surface area (Å²) in [7, 11) is 0. The number of benzene rings is 4. The van der Waals surface area contributed by atoms with E-state index in [-0.39, 0.29) is 10.6 Å². The monoisotopic (exact) mass is 668 g/mol. The van der Waals surface area contributed by atoms with Crippen LogP contribution in [0.2, 0.25) is 0 Å². The topological polar surface area (TPSA) is 75.7 Å². The second kappa shape index (κ2) is 11.7. The first-order valence-corrected chi connectivity index (χ1v) is 14.1. The summed E-state index contributed by atoms with van der Waals surface area (Å²) in [5, 5.41) is 4.09. The van der Waals surface area contributed by atoms with Crippen LogP contribution in [0.3, 0.4) is 0 Å². The summed E-state index contributed by atoms with van der Waals surface area (Å²) in [6, 6.07) is 23.5. The number of ether oxygens (including phenoxy) is 1. The molecule has 39 heavy (non-hydrogen) atoms. The molecule has 0 bridgehead atoms. The van der Waals surface area contributed by atoms with E-state index in [2.05, 4.69) is 61.4 Å². The van der Waals surface area contributed by atoms with Crippen LogP contribution in [0, 0.1) is 5.82 Å². The van der Waals surface area contributed by atoms with Crippen LogP contribution in [-0.4, -0.2) is 28.5 Å². The molecular formula is C29H19Br2FN2O4S. The normalized spacial score (nSPS) is 14.3. The van der Waals surface area contributed by atoms with Gasteiger partial charge in [0.15, 0.2) is 0 Å². The van der Waals surface area contributed by atoms with Crippen molar-refractivity contribution in [2.45, 2.75) is 6.61 Å². The van der Waals surface area contributed by atoms with Crippen molar-refractivity contribution in [1.29, 1.82) is 0 Å². The van der Waals surface area contributed by atoms with E-state index in [1.807, 2.05) is 18.2 Å². The lowest BCUT2D eigenvalue weighted by molar-refractivity contribution is -0.127. The highest BCUT2D eigenvalue weighted by Gasteiger charge is 2.36. The molecule has 4 aromatic rings. The molecule has 0 spiro atoms. The Hall–Kier alpha value is -3.47. The van der Waals surface area contributed by atoms with E-state index in [1.165, 1.54) is 18.2 Å². The maximum absolute atomic E-state index is 13.8. The molecule has 1 saturated heterocycles. The van der Waals surface area contributed by atoms with Crippen molar-refractivity contribution < 1.29 is 23.5 Å². The van der Waals surface area contributed by atoms with Gasteiger partial charge in [-0.2, -0.15) is 0 Å². The molecule has 0 unspecified atom stereocenters. The molecule has 4 aromatic carbocycles. The number of thioether (sulfide) groups is 1. The molecule has 0 aromatic heterocycles. The van der Waals surface area contributed by atoms with Crippen LogP contribution >= 0.6 is 43.6 Å². The Morgan fingerprint density at radius 2 is 1.64 bits per heavy atom. The lowest BCUT2D eigenvalue weighted by Gasteiger charge is -2.13. The zero-order valence-electron chi connectivity index (χ0n) is 20.1. The van der Waals surface area contributed by atoms with Gasteiger partial charge in [-0.1, -0.05) is 48.5 Å². The molecule has 10 heteroatoms. The highest BCUT2D eigenvalue weighted by atomic mass is 79.9. The number of hydrogen-bond donors (Lipinski definition) is 1. The minimum absolute atomic E-state index is 0.0253. The van der Waals surface area contributed by atoms with Crippen LogP contribution in [0.1, 0.15) is 11.1 Å². The van der Waals surface area contributed by atoms with Crippen molar-refractivity contribution >= 4 is 83.2 Å². The molecule has 1 heterocycles. The average molecular weight is 670 g/mol. The van der Waals surface area contributed by atoms with E-state index in [4.69, 9.17) is 4.74 Å². The van der Waals surface area contributed by atoms with Crippen molar-refractivity contribution in [1.82, 2.24) is 4.90 Å². The summed E-state index contributed by atoms with van der Waals surface area (Å²) in [6.45, 7) is -0.166. The molecule has 5 rings (SSSR count). The first-order chi connectivity index (χ1) is 18.8. The number of rotatable bonds is 7. The maximum atomic E-state index is 13.8. The Kier molecular flexibility index (Phi) is 8.15. The average Bonchev–Trinajstić information content (AvgIpc) is 3.16. The van der Waals surface area contributed by atoms with E-state index < -0.39 is 29.4 Å². The number of nitrogens with one attached hydrogen (secondary N) is 1. The maximum Gasteiger partial charge on any atom is 0.294 e. The molecule has 1 aliphatic heterocycles. The van der Waals surface area contributed by atoms with Gasteiger partial charge in [-0.05, 0) is 102 Å². The summed E-state index contributed by atoms with van der Waals surface area (Å²) in [5.74, 6) is -1.29. The molecule has 1 aliphatic rings. The van der Waals surface area contributed by atoms with E-state index >= 15 is 0 Å². The zero-order valence-corrected chi connectivity index (χ0v) is 24.1. The van der Waals surface area contributed by atoms with Crippen LogP contribution in [0.4, 0.5) is 14.9 Å². The van der Waals surface area contributed by atoms with Crippen LogP contribution in [0.15, 0.2) is 92.7 Å². The smallest absolute Gasteiger partial charge is 0.294 e. The van der Waals surface area contributed by atoms with Gasteiger partial charge in [0.2, 0.25) is 5.91 Å². The SMILES string of the molecule is O=C(CN1C(=O)S/C(=C\c2cc(Br)c(OCc3ccc4ccccc4c3)c(Br)c2)C1=O)Nc1ccccc1F. The first-order valence-electron chi connectivity index (χ1n) is 11.7. The van der Waals surface area contributed by atoms with Gasteiger partial charge >= 0.3 is 0 Å². The van der Waals surface area contributed by atoms with Crippen molar-refractivity contribution in [3.05, 3.63) is 110 Å². The lowest BCUT2D eigenvalue weighted by Crippen LogP contribution is -2.36. The van der Waals surface area contributed by atoms with E-state index in [1.54, 1.807) is 24.3 Å². The first kappa shape index (κ1) is 27.1. The fourth-order valence-corrected chi connectivity index (χ4v) is 6.26. The molecule has 6 nitrogen and oxygen atoms in total. The van der Waals surface area contributed by atoms with Gasteiger partial charge in [0.1, 0.15) is 24.7 Å². The summed E-state index contributed by atoms with van der Waals surface area (Å²) < 4.78 is 21.2. The number of imide groups is 1. The Labute approximate surface area is 244 Å². The summed E-state index contributed by atoms with van der Waals surface area (Å²) in [6.07, 6.45) is 1.57. The third-order valence-corrected chi connectivity index (χ3v) is 7.92. The second-order valence-electron chi connectivity index (χ2n) is 8.58. The highest BCUT2D eigenvalue weighted by molar-refractivity contribution is 9.11. The van der Waals surface area contributed by atoms with Gasteiger partial charge in [-0.25, -0.2) is 4.39 Å². The number of fused-ring (bicyclic) bond motifs is 1. The molecule has 0 saturated carbocycles. The summed E-state index contributed by atoms with van der Waals surface area (Å²) >= 11 is 7.80. The van der Waals surface area contributed by atoms with Crippen LogP contribution < -0.4 is 10.1 Å². The van der Waals surface area contributed by atoms with Gasteiger partial charge in [0.05, 0.1) is 19.5 Å². The minimum Gasteiger partial charge on any atom is -0.487 e. The lowest BCUT2D eigenvalue weighted by atomic mass is 10.1. The van der Waals surface area contributed by atoms with Crippen LogP contribution in [0.5, 0.6) is 5.75 Å². The predicted molar refractivity (Wildman–Crippen MR) is 158 cm³/mol. The van der Waals surface area contributed by atoms with Gasteiger partial charge in [-0.3, -0.25) is 19.3 Å². The third kappa shape index (κ3) is 6.24. The van der Waals surface area contributed by atoms with Crippen molar-refractivity contribution in [3.63, 3.8) is 0 Å². The van der Waals surface area contributed by atoms with Crippen molar-refractivity contribution in [3.8, 4) is 5.75 Å². The molecule has 0 aliphatic carbocycles. The Morgan fingerprint density at radius 3 is 2.38 bits per heavy atom.